The maximum atomic E-state index is 5.89. The van der Waals surface area contributed by atoms with Crippen LogP contribution in [0.2, 0.25) is 0 Å². The topological polar surface area (TPSA) is 9.23 Å². The lowest BCUT2D eigenvalue weighted by Gasteiger charge is -2.32. The highest BCUT2D eigenvalue weighted by molar-refractivity contribution is 5.19. The van der Waals surface area contributed by atoms with Crippen LogP contribution >= 0.6 is 0 Å². The summed E-state index contributed by atoms with van der Waals surface area (Å²) >= 11 is 0. The molecule has 1 nitrogen and oxygen atoms in total. The Bertz CT molecular complexity index is 416. The molecule has 0 aromatic heterocycles. The third-order valence-corrected chi connectivity index (χ3v) is 4.63. The first kappa shape index (κ1) is 13.4. The van der Waals surface area contributed by atoms with E-state index in [1.165, 1.54) is 11.1 Å². The van der Waals surface area contributed by atoms with Gasteiger partial charge < -0.3 is 4.74 Å². The van der Waals surface area contributed by atoms with Crippen molar-refractivity contribution in [2.24, 2.45) is 17.3 Å². The standard InChI is InChI=1S/C17H24O/c1-13-10-16(17(3,4)14(13)2)12-18-11-15-8-6-5-7-9-15/h5-10,14,16H,11-12H2,1-4H3/t14-,16-/m0/s1. The second kappa shape index (κ2) is 5.27. The van der Waals surface area contributed by atoms with Crippen LogP contribution in [0.1, 0.15) is 33.3 Å². The SMILES string of the molecule is CC1=C[C@@H](COCc2ccccc2)C(C)(C)[C@H]1C. The normalized spacial score (nSPS) is 26.1. The second-order valence-corrected chi connectivity index (χ2v) is 6.06. The number of hydrogen-bond donors (Lipinski definition) is 0. The number of ether oxygens (including phenoxy) is 1. The Balaban J connectivity index is 1.88. The molecule has 0 fully saturated rings. The summed E-state index contributed by atoms with van der Waals surface area (Å²) in [5, 5.41) is 0. The molecule has 98 valence electrons. The minimum absolute atomic E-state index is 0.320. The smallest absolute Gasteiger partial charge is 0.0717 e. The fourth-order valence-corrected chi connectivity index (χ4v) is 2.73. The Morgan fingerprint density at radius 1 is 1.17 bits per heavy atom. The molecular weight excluding hydrogens is 220 g/mol. The molecule has 0 N–H and O–H groups in total. The molecule has 0 radical (unpaired) electrons. The zero-order chi connectivity index (χ0) is 13.2. The van der Waals surface area contributed by atoms with Gasteiger partial charge in [0.15, 0.2) is 0 Å². The molecule has 0 saturated heterocycles. The first-order chi connectivity index (χ1) is 8.51. The van der Waals surface area contributed by atoms with Crippen molar-refractivity contribution in [1.29, 1.82) is 0 Å². The fraction of sp³-hybridized carbons (Fsp3) is 0.529. The maximum Gasteiger partial charge on any atom is 0.0717 e. The highest BCUT2D eigenvalue weighted by Gasteiger charge is 2.39. The molecule has 0 amide bonds. The molecule has 1 aromatic rings. The van der Waals surface area contributed by atoms with Crippen LogP contribution in [0.25, 0.3) is 0 Å². The number of allylic oxidation sites excluding steroid dienone is 1. The van der Waals surface area contributed by atoms with Crippen molar-refractivity contribution in [2.45, 2.75) is 34.3 Å². The van der Waals surface area contributed by atoms with Gasteiger partial charge in [0.1, 0.15) is 0 Å². The predicted molar refractivity (Wildman–Crippen MR) is 76.3 cm³/mol. The molecule has 0 heterocycles. The van der Waals surface area contributed by atoms with Gasteiger partial charge >= 0.3 is 0 Å². The van der Waals surface area contributed by atoms with Crippen molar-refractivity contribution in [3.05, 3.63) is 47.5 Å². The van der Waals surface area contributed by atoms with E-state index in [1.54, 1.807) is 0 Å². The van der Waals surface area contributed by atoms with E-state index in [9.17, 15) is 0 Å². The van der Waals surface area contributed by atoms with Gasteiger partial charge in [0.25, 0.3) is 0 Å². The summed E-state index contributed by atoms with van der Waals surface area (Å²) in [5.41, 5.74) is 3.08. The Labute approximate surface area is 111 Å². The van der Waals surface area contributed by atoms with Crippen LogP contribution < -0.4 is 0 Å². The Morgan fingerprint density at radius 3 is 2.39 bits per heavy atom. The molecule has 0 unspecified atom stereocenters. The van der Waals surface area contributed by atoms with Crippen LogP contribution in [0.3, 0.4) is 0 Å². The highest BCUT2D eigenvalue weighted by Crippen LogP contribution is 2.46. The lowest BCUT2D eigenvalue weighted by molar-refractivity contribution is 0.0543. The molecule has 2 rings (SSSR count). The first-order valence-electron chi connectivity index (χ1n) is 6.82. The number of benzene rings is 1. The summed E-state index contributed by atoms with van der Waals surface area (Å²) in [6, 6.07) is 10.4. The zero-order valence-electron chi connectivity index (χ0n) is 11.9. The lowest BCUT2D eigenvalue weighted by atomic mass is 9.74. The van der Waals surface area contributed by atoms with Gasteiger partial charge in [-0.1, -0.05) is 62.8 Å². The Hall–Kier alpha value is -1.08. The third kappa shape index (κ3) is 2.67. The van der Waals surface area contributed by atoms with Gasteiger partial charge in [-0.15, -0.1) is 0 Å². The Morgan fingerprint density at radius 2 is 1.83 bits per heavy atom. The van der Waals surface area contributed by atoms with E-state index in [1.807, 2.05) is 6.07 Å². The van der Waals surface area contributed by atoms with Crippen LogP contribution in [0.5, 0.6) is 0 Å². The third-order valence-electron chi connectivity index (χ3n) is 4.63. The van der Waals surface area contributed by atoms with Crippen LogP contribution in [0.4, 0.5) is 0 Å². The molecule has 2 atom stereocenters. The van der Waals surface area contributed by atoms with Crippen LogP contribution in [-0.4, -0.2) is 6.61 Å². The van der Waals surface area contributed by atoms with E-state index in [4.69, 9.17) is 4.74 Å². The summed E-state index contributed by atoms with van der Waals surface area (Å²) in [7, 11) is 0. The van der Waals surface area contributed by atoms with Gasteiger partial charge in [0.05, 0.1) is 13.2 Å². The summed E-state index contributed by atoms with van der Waals surface area (Å²) in [6.45, 7) is 10.8. The lowest BCUT2D eigenvalue weighted by Crippen LogP contribution is -2.28. The van der Waals surface area contributed by atoms with Crippen molar-refractivity contribution in [3.63, 3.8) is 0 Å². The summed E-state index contributed by atoms with van der Waals surface area (Å²) < 4.78 is 5.89. The zero-order valence-corrected chi connectivity index (χ0v) is 11.9. The molecule has 0 bridgehead atoms. The minimum Gasteiger partial charge on any atom is -0.376 e. The molecule has 0 aliphatic heterocycles. The van der Waals surface area contributed by atoms with Gasteiger partial charge in [-0.05, 0) is 23.8 Å². The number of hydrogen-bond acceptors (Lipinski definition) is 1. The average molecular weight is 244 g/mol. The van der Waals surface area contributed by atoms with Gasteiger partial charge in [0, 0.05) is 5.92 Å². The van der Waals surface area contributed by atoms with E-state index in [2.05, 4.69) is 58.0 Å². The molecule has 1 aromatic carbocycles. The quantitative estimate of drug-likeness (QED) is 0.711. The molecule has 18 heavy (non-hydrogen) atoms. The predicted octanol–water partition coefficient (Wildman–Crippen LogP) is 4.44. The van der Waals surface area contributed by atoms with E-state index in [0.29, 0.717) is 23.9 Å². The van der Waals surface area contributed by atoms with Gasteiger partial charge in [0.2, 0.25) is 0 Å². The average Bonchev–Trinajstić information content (AvgIpc) is 2.55. The van der Waals surface area contributed by atoms with Crippen molar-refractivity contribution in [3.8, 4) is 0 Å². The van der Waals surface area contributed by atoms with Crippen LogP contribution in [0, 0.1) is 17.3 Å². The molecule has 1 aliphatic carbocycles. The largest absolute Gasteiger partial charge is 0.376 e. The van der Waals surface area contributed by atoms with E-state index < -0.39 is 0 Å². The fourth-order valence-electron chi connectivity index (χ4n) is 2.73. The maximum absolute atomic E-state index is 5.89. The van der Waals surface area contributed by atoms with E-state index in [-0.39, 0.29) is 0 Å². The monoisotopic (exact) mass is 244 g/mol. The van der Waals surface area contributed by atoms with E-state index >= 15 is 0 Å². The minimum atomic E-state index is 0.320. The molecule has 0 spiro atoms. The summed E-state index contributed by atoms with van der Waals surface area (Å²) in [6.07, 6.45) is 2.40. The van der Waals surface area contributed by atoms with Gasteiger partial charge in [-0.3, -0.25) is 0 Å². The van der Waals surface area contributed by atoms with Gasteiger partial charge in [-0.2, -0.15) is 0 Å². The molecular formula is C17H24O. The van der Waals surface area contributed by atoms with Gasteiger partial charge in [-0.25, -0.2) is 0 Å². The van der Waals surface area contributed by atoms with Crippen molar-refractivity contribution in [1.82, 2.24) is 0 Å². The molecule has 1 heteroatoms. The molecule has 1 aliphatic rings. The van der Waals surface area contributed by atoms with Crippen LogP contribution in [-0.2, 0) is 11.3 Å². The van der Waals surface area contributed by atoms with Crippen LogP contribution in [0.15, 0.2) is 42.0 Å². The molecule has 0 saturated carbocycles. The van der Waals surface area contributed by atoms with Crippen molar-refractivity contribution >= 4 is 0 Å². The summed E-state index contributed by atoms with van der Waals surface area (Å²) in [4.78, 5) is 0. The summed E-state index contributed by atoms with van der Waals surface area (Å²) in [5.74, 6) is 1.19. The van der Waals surface area contributed by atoms with Crippen molar-refractivity contribution < 1.29 is 4.74 Å². The van der Waals surface area contributed by atoms with E-state index in [0.717, 1.165) is 6.61 Å². The highest BCUT2D eigenvalue weighted by atomic mass is 16.5. The number of rotatable bonds is 4. The van der Waals surface area contributed by atoms with Crippen molar-refractivity contribution in [2.75, 3.05) is 6.61 Å². The Kier molecular flexibility index (Phi) is 3.91. The second-order valence-electron chi connectivity index (χ2n) is 6.06. The first-order valence-corrected chi connectivity index (χ1v) is 6.82.